The van der Waals surface area contributed by atoms with E-state index in [9.17, 15) is 0 Å². The highest BCUT2D eigenvalue weighted by Gasteiger charge is 2.27. The van der Waals surface area contributed by atoms with Crippen molar-refractivity contribution in [3.05, 3.63) is 23.8 Å². The van der Waals surface area contributed by atoms with Gasteiger partial charge in [-0.2, -0.15) is 0 Å². The second kappa shape index (κ2) is 7.17. The van der Waals surface area contributed by atoms with Gasteiger partial charge in [-0.3, -0.25) is 0 Å². The predicted molar refractivity (Wildman–Crippen MR) is 87.0 cm³/mol. The minimum atomic E-state index is 0.465. The summed E-state index contributed by atoms with van der Waals surface area (Å²) in [6, 6.07) is 6.72. The summed E-state index contributed by atoms with van der Waals surface area (Å²) >= 11 is 0. The highest BCUT2D eigenvalue weighted by molar-refractivity contribution is 5.46. The molecule has 1 aromatic carbocycles. The lowest BCUT2D eigenvalue weighted by Gasteiger charge is -2.35. The van der Waals surface area contributed by atoms with E-state index in [0.29, 0.717) is 18.1 Å². The van der Waals surface area contributed by atoms with Crippen molar-refractivity contribution in [2.75, 3.05) is 13.7 Å². The van der Waals surface area contributed by atoms with Gasteiger partial charge in [-0.05, 0) is 37.7 Å². The smallest absolute Gasteiger partial charge is 0.165 e. The zero-order valence-corrected chi connectivity index (χ0v) is 13.9. The Morgan fingerprint density at radius 1 is 1.33 bits per heavy atom. The van der Waals surface area contributed by atoms with Gasteiger partial charge in [0.05, 0.1) is 13.7 Å². The molecule has 1 fully saturated rings. The van der Waals surface area contributed by atoms with Crippen LogP contribution in [-0.4, -0.2) is 19.8 Å². The molecule has 3 nitrogen and oxygen atoms in total. The molecule has 3 heteroatoms. The van der Waals surface area contributed by atoms with Crippen molar-refractivity contribution >= 4 is 0 Å². The van der Waals surface area contributed by atoms with Gasteiger partial charge in [-0.1, -0.05) is 32.4 Å². The van der Waals surface area contributed by atoms with Crippen LogP contribution in [0.25, 0.3) is 0 Å². The Balaban J connectivity index is 2.01. The van der Waals surface area contributed by atoms with Crippen LogP contribution in [0.5, 0.6) is 11.5 Å². The average molecular weight is 291 g/mol. The van der Waals surface area contributed by atoms with Crippen molar-refractivity contribution < 1.29 is 9.47 Å². The van der Waals surface area contributed by atoms with Crippen molar-refractivity contribution in [3.8, 4) is 11.5 Å². The molecule has 0 radical (unpaired) electrons. The van der Waals surface area contributed by atoms with Gasteiger partial charge < -0.3 is 14.8 Å². The molecule has 1 unspecified atom stereocenters. The normalized spacial score (nSPS) is 21.0. The summed E-state index contributed by atoms with van der Waals surface area (Å²) in [5.74, 6) is 1.70. The van der Waals surface area contributed by atoms with E-state index in [4.69, 9.17) is 9.47 Å². The molecular weight excluding hydrogens is 262 g/mol. The SMILES string of the molecule is CCOc1cccc(CNC2CCCC(C)(C)C2)c1OC. The third-order valence-corrected chi connectivity index (χ3v) is 4.35. The van der Waals surface area contributed by atoms with Crippen LogP contribution in [0.3, 0.4) is 0 Å². The second-order valence-corrected chi connectivity index (χ2v) is 6.72. The van der Waals surface area contributed by atoms with Crippen LogP contribution in [0.15, 0.2) is 18.2 Å². The lowest BCUT2D eigenvalue weighted by Crippen LogP contribution is -2.36. The average Bonchev–Trinajstić information content (AvgIpc) is 2.44. The zero-order chi connectivity index (χ0) is 15.3. The standard InChI is InChI=1S/C18H29NO2/c1-5-21-16-10-6-8-14(17(16)20-4)13-19-15-9-7-11-18(2,3)12-15/h6,8,10,15,19H,5,7,9,11-13H2,1-4H3. The van der Waals surface area contributed by atoms with Gasteiger partial charge in [-0.25, -0.2) is 0 Å². The fourth-order valence-electron chi connectivity index (χ4n) is 3.33. The van der Waals surface area contributed by atoms with Crippen LogP contribution in [0.2, 0.25) is 0 Å². The maximum absolute atomic E-state index is 5.64. The molecule has 21 heavy (non-hydrogen) atoms. The lowest BCUT2D eigenvalue weighted by atomic mass is 9.75. The van der Waals surface area contributed by atoms with Gasteiger partial charge in [0, 0.05) is 18.2 Å². The molecule has 0 bridgehead atoms. The Morgan fingerprint density at radius 3 is 2.81 bits per heavy atom. The highest BCUT2D eigenvalue weighted by Crippen LogP contribution is 2.36. The molecule has 1 aliphatic carbocycles. The first-order valence-corrected chi connectivity index (χ1v) is 8.08. The third kappa shape index (κ3) is 4.37. The lowest BCUT2D eigenvalue weighted by molar-refractivity contribution is 0.197. The summed E-state index contributed by atoms with van der Waals surface area (Å²) < 4.78 is 11.2. The van der Waals surface area contributed by atoms with Gasteiger partial charge in [0.2, 0.25) is 0 Å². The van der Waals surface area contributed by atoms with Gasteiger partial charge >= 0.3 is 0 Å². The van der Waals surface area contributed by atoms with Crippen molar-refractivity contribution in [1.82, 2.24) is 5.32 Å². The molecule has 2 rings (SSSR count). The van der Waals surface area contributed by atoms with E-state index < -0.39 is 0 Å². The van der Waals surface area contributed by atoms with Crippen LogP contribution in [0.4, 0.5) is 0 Å². The topological polar surface area (TPSA) is 30.5 Å². The van der Waals surface area contributed by atoms with E-state index in [1.807, 2.05) is 19.1 Å². The third-order valence-electron chi connectivity index (χ3n) is 4.35. The molecule has 1 N–H and O–H groups in total. The van der Waals surface area contributed by atoms with E-state index >= 15 is 0 Å². The van der Waals surface area contributed by atoms with E-state index in [1.54, 1.807) is 7.11 Å². The quantitative estimate of drug-likeness (QED) is 0.854. The van der Waals surface area contributed by atoms with Gasteiger partial charge in [0.1, 0.15) is 0 Å². The summed E-state index contributed by atoms with van der Waals surface area (Å²) in [4.78, 5) is 0. The molecule has 1 saturated carbocycles. The monoisotopic (exact) mass is 291 g/mol. The number of hydrogen-bond acceptors (Lipinski definition) is 3. The van der Waals surface area contributed by atoms with E-state index in [1.165, 1.54) is 31.2 Å². The van der Waals surface area contributed by atoms with Gasteiger partial charge in [0.15, 0.2) is 11.5 Å². The molecular formula is C18H29NO2. The summed E-state index contributed by atoms with van der Waals surface area (Å²) in [5.41, 5.74) is 1.64. The molecule has 0 aliphatic heterocycles. The molecule has 118 valence electrons. The number of benzene rings is 1. The van der Waals surface area contributed by atoms with Crippen molar-refractivity contribution in [2.24, 2.45) is 5.41 Å². The maximum atomic E-state index is 5.64. The first-order valence-electron chi connectivity index (χ1n) is 8.08. The zero-order valence-electron chi connectivity index (χ0n) is 13.9. The molecule has 0 saturated heterocycles. The van der Waals surface area contributed by atoms with Crippen molar-refractivity contribution in [1.29, 1.82) is 0 Å². The Morgan fingerprint density at radius 2 is 2.14 bits per heavy atom. The largest absolute Gasteiger partial charge is 0.493 e. The molecule has 0 aromatic heterocycles. The molecule has 0 amide bonds. The summed E-state index contributed by atoms with van der Waals surface area (Å²) in [6.07, 6.45) is 5.19. The van der Waals surface area contributed by atoms with E-state index in [0.717, 1.165) is 18.0 Å². The van der Waals surface area contributed by atoms with Gasteiger partial charge in [-0.15, -0.1) is 0 Å². The minimum Gasteiger partial charge on any atom is -0.493 e. The number of hydrogen-bond donors (Lipinski definition) is 1. The first kappa shape index (κ1) is 16.2. The molecule has 0 heterocycles. The van der Waals surface area contributed by atoms with Crippen LogP contribution in [0.1, 0.15) is 52.0 Å². The summed E-state index contributed by atoms with van der Waals surface area (Å²) in [7, 11) is 1.71. The fourth-order valence-corrected chi connectivity index (χ4v) is 3.33. The Hall–Kier alpha value is -1.22. The fraction of sp³-hybridized carbons (Fsp3) is 0.667. The maximum Gasteiger partial charge on any atom is 0.165 e. The molecule has 1 aromatic rings. The van der Waals surface area contributed by atoms with E-state index in [2.05, 4.69) is 25.2 Å². The van der Waals surface area contributed by atoms with E-state index in [-0.39, 0.29) is 0 Å². The van der Waals surface area contributed by atoms with Crippen LogP contribution in [-0.2, 0) is 6.54 Å². The van der Waals surface area contributed by atoms with Crippen LogP contribution < -0.4 is 14.8 Å². The molecule has 1 atom stereocenters. The summed E-state index contributed by atoms with van der Waals surface area (Å²) in [6.45, 7) is 8.23. The van der Waals surface area contributed by atoms with Crippen molar-refractivity contribution in [3.63, 3.8) is 0 Å². The van der Waals surface area contributed by atoms with Crippen LogP contribution >= 0.6 is 0 Å². The Labute approximate surface area is 129 Å². The summed E-state index contributed by atoms with van der Waals surface area (Å²) in [5, 5.41) is 3.70. The number of para-hydroxylation sites is 1. The number of methoxy groups -OCH3 is 1. The van der Waals surface area contributed by atoms with Crippen LogP contribution in [0, 0.1) is 5.41 Å². The van der Waals surface area contributed by atoms with Crippen molar-refractivity contribution in [2.45, 2.75) is 59.0 Å². The molecule has 0 spiro atoms. The number of nitrogens with one attached hydrogen (secondary N) is 1. The predicted octanol–water partition coefficient (Wildman–Crippen LogP) is 4.15. The number of ether oxygens (including phenoxy) is 2. The first-order chi connectivity index (χ1) is 10.1. The van der Waals surface area contributed by atoms with Gasteiger partial charge in [0.25, 0.3) is 0 Å². The minimum absolute atomic E-state index is 0.465. The number of rotatable bonds is 6. The second-order valence-electron chi connectivity index (χ2n) is 6.72. The Bertz CT molecular complexity index is 457. The Kier molecular flexibility index (Phi) is 5.51. The molecule has 1 aliphatic rings. The highest BCUT2D eigenvalue weighted by atomic mass is 16.5.